The van der Waals surface area contributed by atoms with Crippen LogP contribution in [0.5, 0.6) is 0 Å². The highest BCUT2D eigenvalue weighted by Crippen LogP contribution is 2.19. The molecule has 0 aliphatic rings. The van der Waals surface area contributed by atoms with Gasteiger partial charge in [-0.1, -0.05) is 36.7 Å². The van der Waals surface area contributed by atoms with Crippen molar-refractivity contribution in [1.29, 1.82) is 0 Å². The van der Waals surface area contributed by atoms with Crippen molar-refractivity contribution in [2.24, 2.45) is 0 Å². The summed E-state index contributed by atoms with van der Waals surface area (Å²) in [5.74, 6) is -1.46. The molecule has 1 N–H and O–H groups in total. The van der Waals surface area contributed by atoms with Crippen LogP contribution in [0.3, 0.4) is 0 Å². The predicted octanol–water partition coefficient (Wildman–Crippen LogP) is 1.97. The van der Waals surface area contributed by atoms with Crippen molar-refractivity contribution in [3.05, 3.63) is 34.9 Å². The van der Waals surface area contributed by atoms with Crippen LogP contribution in [-0.4, -0.2) is 36.9 Å². The van der Waals surface area contributed by atoms with E-state index in [2.05, 4.69) is 0 Å². The second-order valence-corrected chi connectivity index (χ2v) is 6.45. The summed E-state index contributed by atoms with van der Waals surface area (Å²) in [4.78, 5) is 10.7. The first-order chi connectivity index (χ1) is 8.86. The fourth-order valence-corrected chi connectivity index (χ4v) is 3.50. The molecule has 106 valence electrons. The van der Waals surface area contributed by atoms with Crippen LogP contribution < -0.4 is 0 Å². The fourth-order valence-electron chi connectivity index (χ4n) is 1.62. The van der Waals surface area contributed by atoms with Crippen molar-refractivity contribution in [3.63, 3.8) is 0 Å². The summed E-state index contributed by atoms with van der Waals surface area (Å²) in [5, 5.41) is 9.12. The molecule has 1 rings (SSSR count). The third kappa shape index (κ3) is 4.81. The van der Waals surface area contributed by atoms with Gasteiger partial charge in [0.2, 0.25) is 10.0 Å². The summed E-state index contributed by atoms with van der Waals surface area (Å²) in [7, 11) is -3.69. The van der Waals surface area contributed by atoms with Gasteiger partial charge in [0.1, 0.15) is 6.54 Å². The van der Waals surface area contributed by atoms with Gasteiger partial charge in [0.15, 0.2) is 0 Å². The SMILES string of the molecule is CCCN(CC(=O)O)S(=O)(=O)Cc1ccccc1Cl. The van der Waals surface area contributed by atoms with E-state index in [1.165, 1.54) is 0 Å². The molecule has 0 radical (unpaired) electrons. The largest absolute Gasteiger partial charge is 0.480 e. The van der Waals surface area contributed by atoms with Gasteiger partial charge in [0.05, 0.1) is 5.75 Å². The van der Waals surface area contributed by atoms with E-state index in [1.807, 2.05) is 0 Å². The summed E-state index contributed by atoms with van der Waals surface area (Å²) in [6.07, 6.45) is 0.551. The van der Waals surface area contributed by atoms with Gasteiger partial charge in [-0.2, -0.15) is 4.31 Å². The Labute approximate surface area is 117 Å². The van der Waals surface area contributed by atoms with E-state index in [4.69, 9.17) is 16.7 Å². The Bertz CT molecular complexity index is 544. The normalized spacial score (nSPS) is 11.7. The summed E-state index contributed by atoms with van der Waals surface area (Å²) in [5.41, 5.74) is 0.468. The van der Waals surface area contributed by atoms with Crippen molar-refractivity contribution in [1.82, 2.24) is 4.31 Å². The molecule has 0 saturated heterocycles. The van der Waals surface area contributed by atoms with Gasteiger partial charge in [0, 0.05) is 11.6 Å². The molecule has 0 saturated carbocycles. The quantitative estimate of drug-likeness (QED) is 0.835. The molecule has 0 heterocycles. The highest BCUT2D eigenvalue weighted by Gasteiger charge is 2.24. The maximum atomic E-state index is 12.2. The van der Waals surface area contributed by atoms with Gasteiger partial charge in [-0.3, -0.25) is 4.79 Å². The van der Waals surface area contributed by atoms with Crippen molar-refractivity contribution in [3.8, 4) is 0 Å². The second kappa shape index (κ2) is 6.88. The van der Waals surface area contributed by atoms with Gasteiger partial charge in [-0.05, 0) is 18.1 Å². The number of carboxylic acids is 1. The minimum atomic E-state index is -3.69. The lowest BCUT2D eigenvalue weighted by Gasteiger charge is -2.19. The standard InChI is InChI=1S/C12H16ClNO4S/c1-2-7-14(8-12(15)16)19(17,18)9-10-5-3-4-6-11(10)13/h3-6H,2,7-9H2,1H3,(H,15,16). The molecule has 7 heteroatoms. The molecule has 0 atom stereocenters. The molecule has 0 bridgehead atoms. The summed E-state index contributed by atoms with van der Waals surface area (Å²) >= 11 is 5.92. The molecule has 0 aliphatic heterocycles. The smallest absolute Gasteiger partial charge is 0.318 e. The first-order valence-electron chi connectivity index (χ1n) is 5.80. The first-order valence-corrected chi connectivity index (χ1v) is 7.78. The first kappa shape index (κ1) is 15.9. The van der Waals surface area contributed by atoms with Crippen LogP contribution >= 0.6 is 11.6 Å². The number of halogens is 1. The van der Waals surface area contributed by atoms with Crippen molar-refractivity contribution in [2.75, 3.05) is 13.1 Å². The van der Waals surface area contributed by atoms with Crippen LogP contribution in [0.2, 0.25) is 5.02 Å². The molecule has 0 aliphatic carbocycles. The van der Waals surface area contributed by atoms with Crippen molar-refractivity contribution in [2.45, 2.75) is 19.1 Å². The molecule has 1 aromatic rings. The maximum absolute atomic E-state index is 12.2. The Morgan fingerprint density at radius 3 is 2.53 bits per heavy atom. The number of hydrogen-bond donors (Lipinski definition) is 1. The number of sulfonamides is 1. The van der Waals surface area contributed by atoms with Crippen LogP contribution in [0.1, 0.15) is 18.9 Å². The Hall–Kier alpha value is -1.11. The molecular formula is C12H16ClNO4S. The number of nitrogens with zero attached hydrogens (tertiary/aromatic N) is 1. The van der Waals surface area contributed by atoms with Gasteiger partial charge >= 0.3 is 5.97 Å². The highest BCUT2D eigenvalue weighted by atomic mass is 35.5. The maximum Gasteiger partial charge on any atom is 0.318 e. The minimum absolute atomic E-state index is 0.180. The molecule has 0 spiro atoms. The van der Waals surface area contributed by atoms with E-state index in [0.717, 1.165) is 4.31 Å². The van der Waals surface area contributed by atoms with Crippen LogP contribution in [0, 0.1) is 0 Å². The monoisotopic (exact) mass is 305 g/mol. The van der Waals surface area contributed by atoms with E-state index in [-0.39, 0.29) is 12.3 Å². The summed E-state index contributed by atoms with van der Waals surface area (Å²) in [6.45, 7) is 1.44. The molecule has 0 aromatic heterocycles. The second-order valence-electron chi connectivity index (χ2n) is 4.07. The van der Waals surface area contributed by atoms with E-state index in [9.17, 15) is 13.2 Å². The van der Waals surface area contributed by atoms with Gasteiger partial charge in [0.25, 0.3) is 0 Å². The lowest BCUT2D eigenvalue weighted by molar-refractivity contribution is -0.137. The van der Waals surface area contributed by atoms with Gasteiger partial charge < -0.3 is 5.11 Å². The zero-order valence-corrected chi connectivity index (χ0v) is 12.1. The third-order valence-electron chi connectivity index (χ3n) is 2.47. The van der Waals surface area contributed by atoms with Crippen LogP contribution in [0.15, 0.2) is 24.3 Å². The van der Waals surface area contributed by atoms with Crippen molar-refractivity contribution < 1.29 is 18.3 Å². The highest BCUT2D eigenvalue weighted by molar-refractivity contribution is 7.88. The topological polar surface area (TPSA) is 74.7 Å². The lowest BCUT2D eigenvalue weighted by atomic mass is 10.2. The van der Waals surface area contributed by atoms with Crippen molar-refractivity contribution >= 4 is 27.6 Å². The average Bonchev–Trinajstić information content (AvgIpc) is 2.31. The number of hydrogen-bond acceptors (Lipinski definition) is 3. The average molecular weight is 306 g/mol. The van der Waals surface area contributed by atoms with E-state index in [1.54, 1.807) is 31.2 Å². The van der Waals surface area contributed by atoms with Crippen LogP contribution in [0.25, 0.3) is 0 Å². The zero-order valence-electron chi connectivity index (χ0n) is 10.5. The van der Waals surface area contributed by atoms with Gasteiger partial charge in [-0.25, -0.2) is 8.42 Å². The van der Waals surface area contributed by atoms with E-state index < -0.39 is 22.5 Å². The molecule has 0 amide bonds. The molecule has 1 aromatic carbocycles. The number of aliphatic carboxylic acids is 1. The minimum Gasteiger partial charge on any atom is -0.480 e. The Morgan fingerprint density at radius 2 is 2.00 bits per heavy atom. The van der Waals surface area contributed by atoms with Gasteiger partial charge in [-0.15, -0.1) is 0 Å². The predicted molar refractivity (Wildman–Crippen MR) is 73.6 cm³/mol. The number of carbonyl (C=O) groups is 1. The van der Waals surface area contributed by atoms with E-state index in [0.29, 0.717) is 17.0 Å². The Kier molecular flexibility index (Phi) is 5.78. The molecule has 0 fully saturated rings. The Morgan fingerprint density at radius 1 is 1.37 bits per heavy atom. The van der Waals surface area contributed by atoms with Crippen LogP contribution in [-0.2, 0) is 20.6 Å². The molecular weight excluding hydrogens is 290 g/mol. The zero-order chi connectivity index (χ0) is 14.5. The summed E-state index contributed by atoms with van der Waals surface area (Å²) in [6, 6.07) is 6.62. The number of benzene rings is 1. The lowest BCUT2D eigenvalue weighted by Crippen LogP contribution is -2.37. The Balaban J connectivity index is 2.94. The fraction of sp³-hybridized carbons (Fsp3) is 0.417. The molecule has 19 heavy (non-hydrogen) atoms. The summed E-state index contributed by atoms with van der Waals surface area (Å²) < 4.78 is 25.3. The van der Waals surface area contributed by atoms with E-state index >= 15 is 0 Å². The number of rotatable bonds is 7. The third-order valence-corrected chi connectivity index (χ3v) is 4.62. The van der Waals surface area contributed by atoms with Crippen LogP contribution in [0.4, 0.5) is 0 Å². The molecule has 5 nitrogen and oxygen atoms in total. The number of carboxylic acid groups (broad SMARTS) is 1. The molecule has 0 unspecified atom stereocenters.